The van der Waals surface area contributed by atoms with Gasteiger partial charge in [-0.15, -0.1) is 11.8 Å². The average Bonchev–Trinajstić information content (AvgIpc) is 2.35. The molecule has 2 aromatic carbocycles. The Labute approximate surface area is 112 Å². The molecule has 0 saturated heterocycles. The second-order valence-corrected chi connectivity index (χ2v) is 5.25. The van der Waals surface area contributed by atoms with Crippen LogP contribution in [0.15, 0.2) is 53.4 Å². The van der Waals surface area contributed by atoms with Crippen LogP contribution >= 0.6 is 11.8 Å². The molecule has 0 atom stereocenters. The first-order valence-electron chi connectivity index (χ1n) is 5.92. The van der Waals surface area contributed by atoms with Crippen molar-refractivity contribution < 1.29 is 4.74 Å². The summed E-state index contributed by atoms with van der Waals surface area (Å²) >= 11 is 1.80. The lowest BCUT2D eigenvalue weighted by Crippen LogP contribution is -2.00. The van der Waals surface area contributed by atoms with Crippen LogP contribution in [0.5, 0.6) is 5.75 Å². The van der Waals surface area contributed by atoms with Gasteiger partial charge in [-0.3, -0.25) is 0 Å². The highest BCUT2D eigenvalue weighted by atomic mass is 32.2. The fourth-order valence-electron chi connectivity index (χ4n) is 1.63. The summed E-state index contributed by atoms with van der Waals surface area (Å²) in [4.78, 5) is 1.28. The molecule has 0 aromatic heterocycles. The SMILES string of the molecule is Cc1cccc(SCCOc2cccc(N)c2)c1. The van der Waals surface area contributed by atoms with Crippen molar-refractivity contribution in [3.8, 4) is 5.75 Å². The summed E-state index contributed by atoms with van der Waals surface area (Å²) < 4.78 is 5.64. The zero-order chi connectivity index (χ0) is 12.8. The molecule has 2 aromatic rings. The fourth-order valence-corrected chi connectivity index (χ4v) is 2.47. The van der Waals surface area contributed by atoms with E-state index in [0.29, 0.717) is 6.61 Å². The van der Waals surface area contributed by atoms with Gasteiger partial charge in [0.15, 0.2) is 0 Å². The highest BCUT2D eigenvalue weighted by molar-refractivity contribution is 7.99. The predicted octanol–water partition coefficient (Wildman–Crippen LogP) is 3.75. The van der Waals surface area contributed by atoms with Gasteiger partial charge in [0.2, 0.25) is 0 Å². The molecule has 0 fully saturated rings. The van der Waals surface area contributed by atoms with Gasteiger partial charge in [-0.1, -0.05) is 23.8 Å². The molecule has 0 aliphatic heterocycles. The molecular formula is C15H17NOS. The van der Waals surface area contributed by atoms with E-state index in [1.165, 1.54) is 10.5 Å². The summed E-state index contributed by atoms with van der Waals surface area (Å²) in [6.07, 6.45) is 0. The number of ether oxygens (including phenoxy) is 1. The molecule has 0 bridgehead atoms. The Bertz CT molecular complexity index is 466. The molecule has 0 spiro atoms. The van der Waals surface area contributed by atoms with Crippen LogP contribution in [0.25, 0.3) is 0 Å². The Balaban J connectivity index is 1.76. The number of hydrogen-bond donors (Lipinski definition) is 1. The minimum Gasteiger partial charge on any atom is -0.493 e. The largest absolute Gasteiger partial charge is 0.493 e. The Hall–Kier alpha value is -1.61. The Morgan fingerprint density at radius 3 is 2.72 bits per heavy atom. The number of aryl methyl sites for hydroxylation is 1. The number of thioether (sulfide) groups is 1. The van der Waals surface area contributed by atoms with Crippen LogP contribution in [0.2, 0.25) is 0 Å². The van der Waals surface area contributed by atoms with E-state index < -0.39 is 0 Å². The van der Waals surface area contributed by atoms with E-state index >= 15 is 0 Å². The van der Waals surface area contributed by atoms with Crippen molar-refractivity contribution in [1.29, 1.82) is 0 Å². The lowest BCUT2D eigenvalue weighted by Gasteiger charge is -2.07. The zero-order valence-electron chi connectivity index (χ0n) is 10.4. The molecule has 0 saturated carbocycles. The van der Waals surface area contributed by atoms with Crippen molar-refractivity contribution in [3.63, 3.8) is 0 Å². The van der Waals surface area contributed by atoms with Crippen LogP contribution in [0.4, 0.5) is 5.69 Å². The molecule has 0 amide bonds. The third kappa shape index (κ3) is 4.00. The van der Waals surface area contributed by atoms with Crippen molar-refractivity contribution in [2.24, 2.45) is 0 Å². The minimum absolute atomic E-state index is 0.683. The van der Waals surface area contributed by atoms with Gasteiger partial charge in [-0.2, -0.15) is 0 Å². The van der Waals surface area contributed by atoms with Crippen LogP contribution < -0.4 is 10.5 Å². The van der Waals surface area contributed by atoms with Crippen molar-refractivity contribution in [2.75, 3.05) is 18.1 Å². The van der Waals surface area contributed by atoms with Gasteiger partial charge in [0, 0.05) is 22.4 Å². The summed E-state index contributed by atoms with van der Waals surface area (Å²) in [7, 11) is 0. The van der Waals surface area contributed by atoms with Crippen LogP contribution in [0.3, 0.4) is 0 Å². The van der Waals surface area contributed by atoms with Crippen LogP contribution in [-0.4, -0.2) is 12.4 Å². The normalized spacial score (nSPS) is 10.3. The topological polar surface area (TPSA) is 35.2 Å². The van der Waals surface area contributed by atoms with E-state index in [-0.39, 0.29) is 0 Å². The lowest BCUT2D eigenvalue weighted by molar-refractivity contribution is 0.344. The number of anilines is 1. The maximum Gasteiger partial charge on any atom is 0.121 e. The van der Waals surface area contributed by atoms with E-state index in [2.05, 4.69) is 31.2 Å². The van der Waals surface area contributed by atoms with E-state index in [9.17, 15) is 0 Å². The molecule has 0 unspecified atom stereocenters. The second-order valence-electron chi connectivity index (χ2n) is 4.09. The molecule has 18 heavy (non-hydrogen) atoms. The van der Waals surface area contributed by atoms with Crippen molar-refractivity contribution in [1.82, 2.24) is 0 Å². The molecule has 3 heteroatoms. The van der Waals surface area contributed by atoms with Gasteiger partial charge in [0.25, 0.3) is 0 Å². The predicted molar refractivity (Wildman–Crippen MR) is 78.3 cm³/mol. The van der Waals surface area contributed by atoms with Crippen molar-refractivity contribution in [3.05, 3.63) is 54.1 Å². The van der Waals surface area contributed by atoms with Gasteiger partial charge >= 0.3 is 0 Å². The number of nitrogen functional groups attached to an aromatic ring is 1. The fraction of sp³-hybridized carbons (Fsp3) is 0.200. The lowest BCUT2D eigenvalue weighted by atomic mass is 10.2. The van der Waals surface area contributed by atoms with E-state index in [0.717, 1.165) is 17.2 Å². The summed E-state index contributed by atoms with van der Waals surface area (Å²) in [5.41, 5.74) is 7.71. The quantitative estimate of drug-likeness (QED) is 0.504. The van der Waals surface area contributed by atoms with Gasteiger partial charge in [-0.25, -0.2) is 0 Å². The Kier molecular flexibility index (Phi) is 4.53. The monoisotopic (exact) mass is 259 g/mol. The number of rotatable bonds is 5. The second kappa shape index (κ2) is 6.36. The van der Waals surface area contributed by atoms with Gasteiger partial charge in [0.1, 0.15) is 5.75 Å². The highest BCUT2D eigenvalue weighted by Crippen LogP contribution is 2.19. The van der Waals surface area contributed by atoms with Crippen molar-refractivity contribution in [2.45, 2.75) is 11.8 Å². The molecule has 0 radical (unpaired) electrons. The van der Waals surface area contributed by atoms with E-state index in [4.69, 9.17) is 10.5 Å². The van der Waals surface area contributed by atoms with E-state index in [1.807, 2.05) is 24.3 Å². The molecule has 2 nitrogen and oxygen atoms in total. The number of nitrogens with two attached hydrogens (primary N) is 1. The van der Waals surface area contributed by atoms with Crippen molar-refractivity contribution >= 4 is 17.4 Å². The van der Waals surface area contributed by atoms with Crippen LogP contribution in [0, 0.1) is 6.92 Å². The molecule has 0 heterocycles. The Morgan fingerprint density at radius 1 is 1.11 bits per heavy atom. The van der Waals surface area contributed by atoms with E-state index in [1.54, 1.807) is 11.8 Å². The molecule has 2 rings (SSSR count). The van der Waals surface area contributed by atoms with Crippen LogP contribution in [0.1, 0.15) is 5.56 Å². The summed E-state index contributed by atoms with van der Waals surface area (Å²) in [5.74, 6) is 1.76. The summed E-state index contributed by atoms with van der Waals surface area (Å²) in [6, 6.07) is 16.0. The molecule has 94 valence electrons. The van der Waals surface area contributed by atoms with Crippen LogP contribution in [-0.2, 0) is 0 Å². The maximum absolute atomic E-state index is 5.69. The first-order chi connectivity index (χ1) is 8.74. The highest BCUT2D eigenvalue weighted by Gasteiger charge is 1.97. The van der Waals surface area contributed by atoms with Gasteiger partial charge in [0.05, 0.1) is 6.61 Å². The smallest absolute Gasteiger partial charge is 0.121 e. The summed E-state index contributed by atoms with van der Waals surface area (Å²) in [6.45, 7) is 2.79. The maximum atomic E-state index is 5.69. The van der Waals surface area contributed by atoms with Gasteiger partial charge in [-0.05, 0) is 31.2 Å². The van der Waals surface area contributed by atoms with Gasteiger partial charge < -0.3 is 10.5 Å². The first kappa shape index (κ1) is 12.8. The molecule has 2 N–H and O–H groups in total. The first-order valence-corrected chi connectivity index (χ1v) is 6.90. The molecule has 0 aliphatic carbocycles. The average molecular weight is 259 g/mol. The minimum atomic E-state index is 0.683. The molecule has 0 aliphatic rings. The number of benzene rings is 2. The third-order valence-corrected chi connectivity index (χ3v) is 3.43. The molecular weight excluding hydrogens is 242 g/mol. The number of hydrogen-bond acceptors (Lipinski definition) is 3. The summed E-state index contributed by atoms with van der Waals surface area (Å²) in [5, 5.41) is 0. The Morgan fingerprint density at radius 2 is 1.94 bits per heavy atom. The zero-order valence-corrected chi connectivity index (χ0v) is 11.2. The third-order valence-electron chi connectivity index (χ3n) is 2.47. The standard InChI is InChI=1S/C15H17NOS/c1-12-4-2-7-15(10-12)18-9-8-17-14-6-3-5-13(16)11-14/h2-7,10-11H,8-9,16H2,1H3.